The van der Waals surface area contributed by atoms with Crippen molar-refractivity contribution in [3.63, 3.8) is 0 Å². The molecule has 2 aliphatic heterocycles. The van der Waals surface area contributed by atoms with Crippen LogP contribution < -0.4 is 10.6 Å². The van der Waals surface area contributed by atoms with E-state index in [0.717, 1.165) is 23.3 Å². The van der Waals surface area contributed by atoms with Gasteiger partial charge in [-0.05, 0) is 35.4 Å². The molecule has 3 unspecified atom stereocenters. The van der Waals surface area contributed by atoms with Crippen LogP contribution in [0.1, 0.15) is 36.6 Å². The monoisotopic (exact) mass is 446 g/mol. The van der Waals surface area contributed by atoms with E-state index in [2.05, 4.69) is 27.8 Å². The van der Waals surface area contributed by atoms with E-state index in [1.54, 1.807) is 0 Å². The van der Waals surface area contributed by atoms with E-state index >= 15 is 0 Å². The van der Waals surface area contributed by atoms with Crippen molar-refractivity contribution in [1.82, 2.24) is 10.6 Å². The second-order valence-corrected chi connectivity index (χ2v) is 8.96. The Kier molecular flexibility index (Phi) is 6.25. The molecule has 0 radical (unpaired) electrons. The topological polar surface area (TPSA) is 65.8 Å². The summed E-state index contributed by atoms with van der Waals surface area (Å²) in [6.07, 6.45) is 0.724. The van der Waals surface area contributed by atoms with Crippen LogP contribution in [0.15, 0.2) is 58.7 Å². The van der Waals surface area contributed by atoms with Crippen molar-refractivity contribution in [3.8, 4) is 0 Å². The van der Waals surface area contributed by atoms with Crippen molar-refractivity contribution in [2.75, 3.05) is 5.75 Å². The number of hydrogen-bond donors (Lipinski definition) is 2. The molecular formula is C21H20Cl2N4OS. The van der Waals surface area contributed by atoms with Crippen LogP contribution in [-0.4, -0.2) is 22.5 Å². The number of rotatable bonds is 3. The molecule has 2 fully saturated rings. The van der Waals surface area contributed by atoms with Gasteiger partial charge in [0.1, 0.15) is 0 Å². The molecule has 2 N–H and O–H groups in total. The summed E-state index contributed by atoms with van der Waals surface area (Å²) >= 11 is 13.5. The number of thioether (sulfide) groups is 1. The molecule has 3 atom stereocenters. The zero-order chi connectivity index (χ0) is 20.4. The normalized spacial score (nSPS) is 27.4. The van der Waals surface area contributed by atoms with Gasteiger partial charge in [0.15, 0.2) is 5.17 Å². The summed E-state index contributed by atoms with van der Waals surface area (Å²) in [5, 5.41) is 17.3. The second kappa shape index (κ2) is 8.88. The average molecular weight is 447 g/mol. The molecule has 1 amide bonds. The summed E-state index contributed by atoms with van der Waals surface area (Å²) in [5.74, 6) is 0.485. The lowest BCUT2D eigenvalue weighted by molar-refractivity contribution is -0.116. The van der Waals surface area contributed by atoms with Gasteiger partial charge in [-0.25, -0.2) is 0 Å². The summed E-state index contributed by atoms with van der Waals surface area (Å²) in [6, 6.07) is 15.9. The van der Waals surface area contributed by atoms with Gasteiger partial charge >= 0.3 is 0 Å². The molecule has 2 heterocycles. The minimum Gasteiger partial charge on any atom is -0.303 e. The van der Waals surface area contributed by atoms with Gasteiger partial charge in [-0.1, -0.05) is 66.2 Å². The molecule has 2 saturated heterocycles. The number of carbonyl (C=O) groups excluding carboxylic acids is 1. The maximum atomic E-state index is 11.4. The standard InChI is InChI=1S/C21H20Cl2N4OS/c1-12-17(26-27-21-25-19(28)11-29-21)10-18(13-2-6-15(22)7-3-13)24-20(12)14-4-8-16(23)9-5-14/h2-9,12,18,20,24H,10-11H2,1H3,(H,25,27,28)/b26-17-. The van der Waals surface area contributed by atoms with Gasteiger partial charge in [-0.15, -0.1) is 5.10 Å². The predicted molar refractivity (Wildman–Crippen MR) is 121 cm³/mol. The Hall–Kier alpha value is -1.86. The van der Waals surface area contributed by atoms with Crippen LogP contribution in [0.25, 0.3) is 0 Å². The van der Waals surface area contributed by atoms with Crippen molar-refractivity contribution in [2.45, 2.75) is 25.4 Å². The first-order valence-electron chi connectivity index (χ1n) is 9.33. The third-order valence-electron chi connectivity index (χ3n) is 5.18. The molecule has 2 aromatic carbocycles. The van der Waals surface area contributed by atoms with Gasteiger partial charge in [0.05, 0.1) is 5.75 Å². The number of halogens is 2. The largest absolute Gasteiger partial charge is 0.303 e. The fraction of sp³-hybridized carbons (Fsp3) is 0.286. The maximum Gasteiger partial charge on any atom is 0.236 e. The van der Waals surface area contributed by atoms with E-state index < -0.39 is 0 Å². The number of hydrogen-bond acceptors (Lipinski definition) is 5. The first kappa shape index (κ1) is 20.4. The first-order valence-corrected chi connectivity index (χ1v) is 11.1. The van der Waals surface area contributed by atoms with Gasteiger partial charge in [0.25, 0.3) is 0 Å². The Bertz CT molecular complexity index is 960. The number of carbonyl (C=O) groups is 1. The van der Waals surface area contributed by atoms with Gasteiger partial charge in [0, 0.05) is 40.2 Å². The Morgan fingerprint density at radius 2 is 1.59 bits per heavy atom. The summed E-state index contributed by atoms with van der Waals surface area (Å²) in [6.45, 7) is 2.14. The van der Waals surface area contributed by atoms with Crippen LogP contribution >= 0.6 is 35.0 Å². The minimum absolute atomic E-state index is 0.0367. The van der Waals surface area contributed by atoms with E-state index in [0.29, 0.717) is 21.0 Å². The molecular weight excluding hydrogens is 427 g/mol. The first-order chi connectivity index (χ1) is 14.0. The van der Waals surface area contributed by atoms with Crippen molar-refractivity contribution in [2.24, 2.45) is 16.1 Å². The summed E-state index contributed by atoms with van der Waals surface area (Å²) < 4.78 is 0. The number of amidine groups is 1. The third-order valence-corrected chi connectivity index (χ3v) is 6.54. The van der Waals surface area contributed by atoms with E-state index in [1.165, 1.54) is 11.8 Å². The predicted octanol–water partition coefficient (Wildman–Crippen LogP) is 4.98. The lowest BCUT2D eigenvalue weighted by atomic mass is 9.81. The number of piperidine rings is 1. The smallest absolute Gasteiger partial charge is 0.236 e. The van der Waals surface area contributed by atoms with Crippen LogP contribution in [0, 0.1) is 5.92 Å². The lowest BCUT2D eigenvalue weighted by Gasteiger charge is -2.37. The Morgan fingerprint density at radius 3 is 2.17 bits per heavy atom. The Labute approximate surface area is 184 Å². The van der Waals surface area contributed by atoms with E-state index in [1.807, 2.05) is 48.5 Å². The molecule has 4 rings (SSSR count). The molecule has 0 saturated carbocycles. The highest BCUT2D eigenvalue weighted by Crippen LogP contribution is 2.36. The molecule has 0 aromatic heterocycles. The number of amides is 1. The molecule has 29 heavy (non-hydrogen) atoms. The Balaban J connectivity index is 1.66. The van der Waals surface area contributed by atoms with Crippen molar-refractivity contribution in [3.05, 3.63) is 69.7 Å². The van der Waals surface area contributed by atoms with Crippen LogP contribution in [0.5, 0.6) is 0 Å². The second-order valence-electron chi connectivity index (χ2n) is 7.13. The molecule has 0 bridgehead atoms. The quantitative estimate of drug-likeness (QED) is 0.653. The number of benzene rings is 2. The zero-order valence-electron chi connectivity index (χ0n) is 15.7. The fourth-order valence-electron chi connectivity index (χ4n) is 3.59. The Morgan fingerprint density at radius 1 is 0.966 bits per heavy atom. The summed E-state index contributed by atoms with van der Waals surface area (Å²) in [7, 11) is 0. The van der Waals surface area contributed by atoms with E-state index in [-0.39, 0.29) is 23.9 Å². The zero-order valence-corrected chi connectivity index (χ0v) is 18.1. The van der Waals surface area contributed by atoms with E-state index in [4.69, 9.17) is 23.2 Å². The SMILES string of the molecule is CC1/C(=N\N=C2\NC(=O)CS2)CC(c2ccc(Cl)cc2)NC1c1ccc(Cl)cc1. The fourth-order valence-corrected chi connectivity index (χ4v) is 4.47. The van der Waals surface area contributed by atoms with Crippen LogP contribution in [0.2, 0.25) is 10.0 Å². The molecule has 150 valence electrons. The van der Waals surface area contributed by atoms with Crippen molar-refractivity contribution in [1.29, 1.82) is 0 Å². The highest BCUT2D eigenvalue weighted by Gasteiger charge is 2.34. The third kappa shape index (κ3) is 4.83. The molecule has 8 heteroatoms. The van der Waals surface area contributed by atoms with Gasteiger partial charge in [-0.3, -0.25) is 4.79 Å². The number of nitrogens with zero attached hydrogens (tertiary/aromatic N) is 2. The summed E-state index contributed by atoms with van der Waals surface area (Å²) in [5.41, 5.74) is 3.27. The highest BCUT2D eigenvalue weighted by atomic mass is 35.5. The summed E-state index contributed by atoms with van der Waals surface area (Å²) in [4.78, 5) is 11.4. The van der Waals surface area contributed by atoms with Gasteiger partial charge in [0.2, 0.25) is 5.91 Å². The molecule has 0 aliphatic carbocycles. The average Bonchev–Trinajstić information content (AvgIpc) is 3.14. The van der Waals surface area contributed by atoms with Gasteiger partial charge < -0.3 is 10.6 Å². The molecule has 2 aromatic rings. The van der Waals surface area contributed by atoms with Crippen molar-refractivity contribution < 1.29 is 4.79 Å². The number of nitrogens with one attached hydrogen (secondary N) is 2. The van der Waals surface area contributed by atoms with Crippen LogP contribution in [0.3, 0.4) is 0 Å². The minimum atomic E-state index is -0.0367. The molecule has 0 spiro atoms. The molecule has 2 aliphatic rings. The highest BCUT2D eigenvalue weighted by molar-refractivity contribution is 8.15. The molecule has 5 nitrogen and oxygen atoms in total. The van der Waals surface area contributed by atoms with Crippen molar-refractivity contribution >= 4 is 51.8 Å². The van der Waals surface area contributed by atoms with Crippen LogP contribution in [0.4, 0.5) is 0 Å². The van der Waals surface area contributed by atoms with E-state index in [9.17, 15) is 4.79 Å². The lowest BCUT2D eigenvalue weighted by Crippen LogP contribution is -2.41. The van der Waals surface area contributed by atoms with Gasteiger partial charge in [-0.2, -0.15) is 5.10 Å². The maximum absolute atomic E-state index is 11.4. The van der Waals surface area contributed by atoms with Crippen LogP contribution in [-0.2, 0) is 4.79 Å².